The number of fused-ring (bicyclic) bond motifs is 3. The zero-order valence-electron chi connectivity index (χ0n) is 24.3. The Balaban J connectivity index is 1.22. The molecule has 220 valence electrons. The molecule has 1 saturated heterocycles. The summed E-state index contributed by atoms with van der Waals surface area (Å²) in [6.45, 7) is 5.64. The SMILES string of the molecule is COC(=O)[C@@H]1C[C@@H](O)CN1C(=O)[C@@H](NC(=O)OCCCC/C=C/c1ccc2c(c1)C(=N)C1C=CC=CC21)C(C)(C)C. The first kappa shape index (κ1) is 30.2. The number of methoxy groups -OCH3 is 1. The lowest BCUT2D eigenvalue weighted by Crippen LogP contribution is -2.57. The van der Waals surface area contributed by atoms with E-state index in [-0.39, 0.29) is 31.4 Å². The molecular formula is C32H41N3O6. The molecule has 1 aliphatic heterocycles. The van der Waals surface area contributed by atoms with Gasteiger partial charge in [0.1, 0.15) is 12.1 Å². The van der Waals surface area contributed by atoms with Crippen LogP contribution in [0.3, 0.4) is 0 Å². The second kappa shape index (κ2) is 12.9. The Morgan fingerprint density at radius 1 is 1.17 bits per heavy atom. The van der Waals surface area contributed by atoms with Crippen LogP contribution in [-0.4, -0.2) is 72.1 Å². The van der Waals surface area contributed by atoms with Crippen molar-refractivity contribution in [3.63, 3.8) is 0 Å². The lowest BCUT2D eigenvalue weighted by Gasteiger charge is -2.34. The summed E-state index contributed by atoms with van der Waals surface area (Å²) in [5, 5.41) is 21.3. The molecule has 0 aromatic heterocycles. The van der Waals surface area contributed by atoms with Crippen molar-refractivity contribution in [1.29, 1.82) is 5.41 Å². The second-order valence-corrected chi connectivity index (χ2v) is 12.0. The summed E-state index contributed by atoms with van der Waals surface area (Å²) in [5.41, 5.74) is 3.31. The molecule has 41 heavy (non-hydrogen) atoms. The Kier molecular flexibility index (Phi) is 9.48. The Labute approximate surface area is 241 Å². The van der Waals surface area contributed by atoms with Gasteiger partial charge in [0.2, 0.25) is 5.91 Å². The van der Waals surface area contributed by atoms with Crippen molar-refractivity contribution in [1.82, 2.24) is 10.2 Å². The lowest BCUT2D eigenvalue weighted by atomic mass is 9.85. The van der Waals surface area contributed by atoms with E-state index in [1.54, 1.807) is 0 Å². The predicted molar refractivity (Wildman–Crippen MR) is 157 cm³/mol. The van der Waals surface area contributed by atoms with E-state index in [0.29, 0.717) is 12.1 Å². The Bertz CT molecular complexity index is 1260. The Morgan fingerprint density at radius 3 is 2.61 bits per heavy atom. The average Bonchev–Trinajstić information content (AvgIpc) is 3.47. The number of nitrogens with zero attached hydrogens (tertiary/aromatic N) is 1. The first-order chi connectivity index (χ1) is 19.5. The largest absolute Gasteiger partial charge is 0.467 e. The number of aliphatic hydroxyl groups is 1. The molecule has 1 heterocycles. The van der Waals surface area contributed by atoms with Gasteiger partial charge >= 0.3 is 12.1 Å². The standard InChI is InChI=1S/C32H41N3O6/c1-32(2,3)28(29(37)35-19-21(36)18-26(35)30(38)40-4)34-31(39)41-16-10-6-5-7-11-20-14-15-23-22-12-8-9-13-24(22)27(33)25(23)17-20/h7-9,11-15,17,21-22,24,26,28,33,36H,5-6,10,16,18-19H2,1-4H3,(H,34,39)/b11-7+,33-27?/t21-,22?,24?,26+,28-/m1/s1. The van der Waals surface area contributed by atoms with Gasteiger partial charge in [-0.1, -0.05) is 69.4 Å². The summed E-state index contributed by atoms with van der Waals surface area (Å²) in [5.74, 6) is -0.658. The fraction of sp³-hybridized carbons (Fsp3) is 0.500. The number of esters is 1. The van der Waals surface area contributed by atoms with Gasteiger partial charge in [-0.25, -0.2) is 9.59 Å². The van der Waals surface area contributed by atoms with Crippen molar-refractivity contribution in [2.24, 2.45) is 11.3 Å². The summed E-state index contributed by atoms with van der Waals surface area (Å²) < 4.78 is 10.1. The van der Waals surface area contributed by atoms with Crippen LogP contribution in [0.2, 0.25) is 0 Å². The summed E-state index contributed by atoms with van der Waals surface area (Å²) in [6.07, 6.45) is 13.3. The Morgan fingerprint density at radius 2 is 1.90 bits per heavy atom. The van der Waals surface area contributed by atoms with Gasteiger partial charge in [-0.2, -0.15) is 0 Å². The molecule has 9 nitrogen and oxygen atoms in total. The first-order valence-corrected chi connectivity index (χ1v) is 14.2. The van der Waals surface area contributed by atoms with Crippen molar-refractivity contribution in [2.45, 2.75) is 70.6 Å². The van der Waals surface area contributed by atoms with Gasteiger partial charge in [-0.15, -0.1) is 0 Å². The van der Waals surface area contributed by atoms with E-state index in [1.165, 1.54) is 17.6 Å². The molecule has 1 aromatic carbocycles. The van der Waals surface area contributed by atoms with Crippen LogP contribution in [0.4, 0.5) is 4.79 Å². The van der Waals surface area contributed by atoms with Gasteiger partial charge in [0.15, 0.2) is 0 Å². The predicted octanol–water partition coefficient (Wildman–Crippen LogP) is 4.35. The Hall–Kier alpha value is -3.72. The number of nitrogens with one attached hydrogen (secondary N) is 2. The minimum atomic E-state index is -0.944. The van der Waals surface area contributed by atoms with Crippen molar-refractivity contribution >= 4 is 29.8 Å². The number of rotatable bonds is 9. The maximum absolute atomic E-state index is 13.3. The molecule has 0 bridgehead atoms. The van der Waals surface area contributed by atoms with Gasteiger partial charge < -0.3 is 30.2 Å². The molecule has 2 unspecified atom stereocenters. The maximum Gasteiger partial charge on any atom is 0.407 e. The van der Waals surface area contributed by atoms with Crippen molar-refractivity contribution in [3.8, 4) is 0 Å². The molecule has 0 saturated carbocycles. The van der Waals surface area contributed by atoms with Crippen molar-refractivity contribution in [2.75, 3.05) is 20.3 Å². The third-order valence-corrected chi connectivity index (χ3v) is 7.91. The molecular weight excluding hydrogens is 522 g/mol. The number of hydrogen-bond acceptors (Lipinski definition) is 7. The molecule has 1 fully saturated rings. The topological polar surface area (TPSA) is 129 Å². The molecule has 3 aliphatic rings. The van der Waals surface area contributed by atoms with Gasteiger partial charge in [0, 0.05) is 36.1 Å². The number of amides is 2. The number of carbonyl (C=O) groups is 3. The fourth-order valence-corrected chi connectivity index (χ4v) is 5.70. The molecule has 2 aliphatic carbocycles. The third kappa shape index (κ3) is 6.96. The van der Waals surface area contributed by atoms with E-state index in [0.717, 1.165) is 24.0 Å². The maximum atomic E-state index is 13.3. The normalized spacial score (nSPS) is 23.8. The zero-order valence-corrected chi connectivity index (χ0v) is 24.3. The highest BCUT2D eigenvalue weighted by atomic mass is 16.5. The van der Waals surface area contributed by atoms with Gasteiger partial charge in [0.05, 0.1) is 19.8 Å². The van der Waals surface area contributed by atoms with Gasteiger partial charge in [0.25, 0.3) is 0 Å². The average molecular weight is 564 g/mol. The molecule has 5 atom stereocenters. The smallest absolute Gasteiger partial charge is 0.407 e. The monoisotopic (exact) mass is 563 g/mol. The summed E-state index contributed by atoms with van der Waals surface area (Å²) in [7, 11) is 1.24. The lowest BCUT2D eigenvalue weighted by molar-refractivity contribution is -0.152. The van der Waals surface area contributed by atoms with E-state index in [1.807, 2.05) is 26.8 Å². The molecule has 9 heteroatoms. The van der Waals surface area contributed by atoms with Crippen LogP contribution in [0.1, 0.15) is 69.1 Å². The van der Waals surface area contributed by atoms with Crippen LogP contribution in [-0.2, 0) is 19.1 Å². The summed E-state index contributed by atoms with van der Waals surface area (Å²) in [6, 6.07) is 4.47. The van der Waals surface area contributed by atoms with E-state index < -0.39 is 41.6 Å². The number of allylic oxidation sites excluding steroid dienone is 5. The molecule has 0 radical (unpaired) electrons. The van der Waals surface area contributed by atoms with E-state index in [9.17, 15) is 19.5 Å². The van der Waals surface area contributed by atoms with Crippen LogP contribution >= 0.6 is 0 Å². The zero-order chi connectivity index (χ0) is 29.7. The van der Waals surface area contributed by atoms with Crippen LogP contribution in [0.25, 0.3) is 6.08 Å². The van der Waals surface area contributed by atoms with E-state index >= 15 is 0 Å². The molecule has 0 spiro atoms. The van der Waals surface area contributed by atoms with Crippen molar-refractivity contribution in [3.05, 3.63) is 65.3 Å². The number of alkyl carbamates (subject to hydrolysis) is 1. The quantitative estimate of drug-likeness (QED) is 0.303. The highest BCUT2D eigenvalue weighted by Gasteiger charge is 2.45. The third-order valence-electron chi connectivity index (χ3n) is 7.91. The summed E-state index contributed by atoms with van der Waals surface area (Å²) >= 11 is 0. The number of benzene rings is 1. The number of aliphatic hydroxyl groups excluding tert-OH is 1. The van der Waals surface area contributed by atoms with Crippen LogP contribution in [0.5, 0.6) is 0 Å². The number of carbonyl (C=O) groups excluding carboxylic acids is 3. The second-order valence-electron chi connectivity index (χ2n) is 12.0. The molecule has 4 rings (SSSR count). The first-order valence-electron chi connectivity index (χ1n) is 14.2. The fourth-order valence-electron chi connectivity index (χ4n) is 5.70. The number of ether oxygens (including phenoxy) is 2. The van der Waals surface area contributed by atoms with Crippen molar-refractivity contribution < 1.29 is 29.0 Å². The van der Waals surface area contributed by atoms with Gasteiger partial charge in [-0.05, 0) is 41.9 Å². The number of β-amino-alcohol motifs (C(OH)–C–C–N with tert-alkyl or cyclic N) is 1. The number of likely N-dealkylation sites (tertiary alicyclic amines) is 1. The van der Waals surface area contributed by atoms with Crippen LogP contribution in [0, 0.1) is 16.7 Å². The molecule has 2 amide bonds. The molecule has 3 N–H and O–H groups in total. The molecule has 1 aromatic rings. The minimum absolute atomic E-state index is 0.000857. The highest BCUT2D eigenvalue weighted by molar-refractivity contribution is 6.07. The minimum Gasteiger partial charge on any atom is -0.467 e. The van der Waals surface area contributed by atoms with E-state index in [2.05, 4.69) is 53.9 Å². The summed E-state index contributed by atoms with van der Waals surface area (Å²) in [4.78, 5) is 39.3. The van der Waals surface area contributed by atoms with Crippen LogP contribution < -0.4 is 5.32 Å². The van der Waals surface area contributed by atoms with Gasteiger partial charge in [-0.3, -0.25) is 4.79 Å². The van der Waals surface area contributed by atoms with Crippen LogP contribution in [0.15, 0.2) is 48.6 Å². The highest BCUT2D eigenvalue weighted by Crippen LogP contribution is 2.41. The van der Waals surface area contributed by atoms with E-state index in [4.69, 9.17) is 14.9 Å². The number of unbranched alkanes of at least 4 members (excludes halogenated alkanes) is 2. The number of hydrogen-bond donors (Lipinski definition) is 3.